The van der Waals surface area contributed by atoms with Gasteiger partial charge in [-0.2, -0.15) is 0 Å². The number of rotatable bonds is 6. The zero-order valence-corrected chi connectivity index (χ0v) is 16.0. The summed E-state index contributed by atoms with van der Waals surface area (Å²) >= 11 is 0. The van der Waals surface area contributed by atoms with E-state index in [0.29, 0.717) is 11.8 Å². The van der Waals surface area contributed by atoms with Crippen molar-refractivity contribution < 1.29 is 9.84 Å². The molecule has 2 aromatic rings. The number of phenolic OH excluding ortho intramolecular Hbond substituents is 1. The molecule has 5 nitrogen and oxygen atoms in total. The van der Waals surface area contributed by atoms with Gasteiger partial charge in [-0.3, -0.25) is 4.90 Å². The third-order valence-electron chi connectivity index (χ3n) is 5.83. The number of piperazine rings is 1. The summed E-state index contributed by atoms with van der Waals surface area (Å²) in [5.41, 5.74) is 3.64. The van der Waals surface area contributed by atoms with Gasteiger partial charge in [0, 0.05) is 62.6 Å². The van der Waals surface area contributed by atoms with Gasteiger partial charge in [-0.25, -0.2) is 0 Å². The Morgan fingerprint density at radius 3 is 2.74 bits per heavy atom. The number of ether oxygens (including phenoxy) is 1. The standard InChI is InChI=1S/C22H29N3O2/c1-27-19-6-3-5-18(16-19)25-14-12-24(13-15-25)11-10-23-20-9-8-17-4-2-7-21(26)22(17)20/h2-7,16,20,23,26H,8-15H2,1H3. The van der Waals surface area contributed by atoms with E-state index in [-0.39, 0.29) is 0 Å². The van der Waals surface area contributed by atoms with Gasteiger partial charge >= 0.3 is 0 Å². The summed E-state index contributed by atoms with van der Waals surface area (Å²) < 4.78 is 5.34. The van der Waals surface area contributed by atoms with Crippen molar-refractivity contribution >= 4 is 5.69 Å². The van der Waals surface area contributed by atoms with Crippen molar-refractivity contribution in [3.05, 3.63) is 53.6 Å². The molecule has 1 unspecified atom stereocenters. The third kappa shape index (κ3) is 4.04. The van der Waals surface area contributed by atoms with Crippen LogP contribution in [0.4, 0.5) is 5.69 Å². The predicted molar refractivity (Wildman–Crippen MR) is 109 cm³/mol. The molecule has 1 aliphatic heterocycles. The number of aryl methyl sites for hydroxylation is 1. The lowest BCUT2D eigenvalue weighted by Gasteiger charge is -2.36. The molecule has 0 saturated carbocycles. The van der Waals surface area contributed by atoms with Crippen LogP contribution >= 0.6 is 0 Å². The summed E-state index contributed by atoms with van der Waals surface area (Å²) in [5.74, 6) is 1.36. The highest BCUT2D eigenvalue weighted by molar-refractivity contribution is 5.51. The number of anilines is 1. The van der Waals surface area contributed by atoms with Crippen molar-refractivity contribution in [3.8, 4) is 11.5 Å². The van der Waals surface area contributed by atoms with Crippen molar-refractivity contribution in [2.45, 2.75) is 18.9 Å². The molecule has 0 spiro atoms. The van der Waals surface area contributed by atoms with Gasteiger partial charge < -0.3 is 20.1 Å². The molecule has 1 atom stereocenters. The minimum absolute atomic E-state index is 0.291. The van der Waals surface area contributed by atoms with Crippen LogP contribution in [-0.2, 0) is 6.42 Å². The van der Waals surface area contributed by atoms with Gasteiger partial charge in [-0.05, 0) is 36.6 Å². The van der Waals surface area contributed by atoms with Crippen molar-refractivity contribution in [2.24, 2.45) is 0 Å². The van der Waals surface area contributed by atoms with E-state index in [9.17, 15) is 5.11 Å². The summed E-state index contributed by atoms with van der Waals surface area (Å²) in [6.45, 7) is 6.24. The number of phenols is 1. The van der Waals surface area contributed by atoms with Crippen LogP contribution in [-0.4, -0.2) is 56.4 Å². The Morgan fingerprint density at radius 1 is 1.11 bits per heavy atom. The van der Waals surface area contributed by atoms with E-state index in [4.69, 9.17) is 4.74 Å². The summed E-state index contributed by atoms with van der Waals surface area (Å²) in [6, 6.07) is 14.5. The topological polar surface area (TPSA) is 48.0 Å². The third-order valence-corrected chi connectivity index (χ3v) is 5.83. The molecule has 0 aromatic heterocycles. The number of nitrogens with one attached hydrogen (secondary N) is 1. The zero-order valence-electron chi connectivity index (χ0n) is 16.0. The number of methoxy groups -OCH3 is 1. The largest absolute Gasteiger partial charge is 0.508 e. The van der Waals surface area contributed by atoms with E-state index in [0.717, 1.165) is 63.4 Å². The first-order chi connectivity index (χ1) is 13.2. The van der Waals surface area contributed by atoms with Crippen LogP contribution in [0.2, 0.25) is 0 Å². The molecule has 0 bridgehead atoms. The van der Waals surface area contributed by atoms with Gasteiger partial charge in [0.15, 0.2) is 0 Å². The van der Waals surface area contributed by atoms with Gasteiger partial charge in [-0.1, -0.05) is 18.2 Å². The number of benzene rings is 2. The molecule has 2 aliphatic rings. The highest BCUT2D eigenvalue weighted by Gasteiger charge is 2.25. The van der Waals surface area contributed by atoms with Gasteiger partial charge in [0.2, 0.25) is 0 Å². The molecule has 1 heterocycles. The molecule has 2 aromatic carbocycles. The molecule has 1 fully saturated rings. The molecule has 0 radical (unpaired) electrons. The average molecular weight is 367 g/mol. The van der Waals surface area contributed by atoms with Gasteiger partial charge in [0.25, 0.3) is 0 Å². The quantitative estimate of drug-likeness (QED) is 0.822. The maximum absolute atomic E-state index is 10.2. The minimum atomic E-state index is 0.291. The van der Waals surface area contributed by atoms with Crippen LogP contribution in [0.3, 0.4) is 0 Å². The zero-order chi connectivity index (χ0) is 18.6. The second-order valence-electron chi connectivity index (χ2n) is 7.43. The first-order valence-electron chi connectivity index (χ1n) is 9.90. The molecule has 1 saturated heterocycles. The lowest BCUT2D eigenvalue weighted by molar-refractivity contribution is 0.253. The fraction of sp³-hybridized carbons (Fsp3) is 0.455. The Morgan fingerprint density at radius 2 is 1.93 bits per heavy atom. The highest BCUT2D eigenvalue weighted by Crippen LogP contribution is 2.37. The molecule has 2 N–H and O–H groups in total. The summed E-state index contributed by atoms with van der Waals surface area (Å²) in [7, 11) is 1.71. The van der Waals surface area contributed by atoms with Crippen molar-refractivity contribution in [1.29, 1.82) is 0 Å². The van der Waals surface area contributed by atoms with Crippen molar-refractivity contribution in [3.63, 3.8) is 0 Å². The van der Waals surface area contributed by atoms with Gasteiger partial charge in [0.05, 0.1) is 7.11 Å². The Labute approximate surface area is 161 Å². The van der Waals surface area contributed by atoms with Crippen LogP contribution in [0.15, 0.2) is 42.5 Å². The van der Waals surface area contributed by atoms with E-state index >= 15 is 0 Å². The lowest BCUT2D eigenvalue weighted by atomic mass is 10.1. The number of nitrogens with zero attached hydrogens (tertiary/aromatic N) is 2. The molecule has 1 aliphatic carbocycles. The minimum Gasteiger partial charge on any atom is -0.508 e. The SMILES string of the molecule is COc1cccc(N2CCN(CCNC3CCc4cccc(O)c43)CC2)c1. The molecule has 27 heavy (non-hydrogen) atoms. The lowest BCUT2D eigenvalue weighted by Crippen LogP contribution is -2.48. The van der Waals surface area contributed by atoms with Crippen molar-refractivity contribution in [2.75, 3.05) is 51.3 Å². The summed E-state index contributed by atoms with van der Waals surface area (Å²) in [5, 5.41) is 13.8. The van der Waals surface area contributed by atoms with Crippen LogP contribution < -0.4 is 15.0 Å². The van der Waals surface area contributed by atoms with Crippen LogP contribution in [0.1, 0.15) is 23.6 Å². The number of aromatic hydroxyl groups is 1. The van der Waals surface area contributed by atoms with E-state index in [1.165, 1.54) is 11.3 Å². The normalized spacial score (nSPS) is 19.9. The van der Waals surface area contributed by atoms with E-state index in [1.54, 1.807) is 13.2 Å². The molecule has 4 rings (SSSR count). The Hall–Kier alpha value is -2.24. The summed E-state index contributed by atoms with van der Waals surface area (Å²) in [4.78, 5) is 4.95. The highest BCUT2D eigenvalue weighted by atomic mass is 16.5. The number of fused-ring (bicyclic) bond motifs is 1. The average Bonchev–Trinajstić information content (AvgIpc) is 3.13. The van der Waals surface area contributed by atoms with Crippen LogP contribution in [0, 0.1) is 0 Å². The van der Waals surface area contributed by atoms with Crippen LogP contribution in [0.25, 0.3) is 0 Å². The van der Waals surface area contributed by atoms with E-state index < -0.39 is 0 Å². The van der Waals surface area contributed by atoms with E-state index in [1.807, 2.05) is 12.1 Å². The predicted octanol–water partition coefficient (Wildman–Crippen LogP) is 2.80. The van der Waals surface area contributed by atoms with Gasteiger partial charge in [0.1, 0.15) is 11.5 Å². The second kappa shape index (κ2) is 8.19. The second-order valence-corrected chi connectivity index (χ2v) is 7.43. The summed E-state index contributed by atoms with van der Waals surface area (Å²) in [6.07, 6.45) is 2.14. The Kier molecular flexibility index (Phi) is 5.50. The maximum Gasteiger partial charge on any atom is 0.120 e. The first-order valence-corrected chi connectivity index (χ1v) is 9.90. The fourth-order valence-corrected chi connectivity index (χ4v) is 4.30. The first kappa shape index (κ1) is 18.1. The van der Waals surface area contributed by atoms with Crippen molar-refractivity contribution in [1.82, 2.24) is 10.2 Å². The molecule has 0 amide bonds. The Bertz CT molecular complexity index is 772. The molecular weight excluding hydrogens is 338 g/mol. The molecular formula is C22H29N3O2. The number of hydrogen-bond donors (Lipinski definition) is 2. The Balaban J connectivity index is 1.24. The number of hydrogen-bond acceptors (Lipinski definition) is 5. The molecule has 144 valence electrons. The van der Waals surface area contributed by atoms with E-state index in [2.05, 4.69) is 39.4 Å². The molecule has 5 heteroatoms. The smallest absolute Gasteiger partial charge is 0.120 e. The monoisotopic (exact) mass is 367 g/mol. The van der Waals surface area contributed by atoms with Gasteiger partial charge in [-0.15, -0.1) is 0 Å². The maximum atomic E-state index is 10.2. The van der Waals surface area contributed by atoms with Crippen LogP contribution in [0.5, 0.6) is 11.5 Å². The fourth-order valence-electron chi connectivity index (χ4n) is 4.30.